The maximum absolute atomic E-state index is 13.4. The van der Waals surface area contributed by atoms with Crippen molar-refractivity contribution in [2.75, 3.05) is 11.9 Å². The molecule has 2 aromatic heterocycles. The summed E-state index contributed by atoms with van der Waals surface area (Å²) in [6.45, 7) is 8.64. The predicted octanol–water partition coefficient (Wildman–Crippen LogP) is 5.38. The van der Waals surface area contributed by atoms with Crippen molar-refractivity contribution in [2.45, 2.75) is 33.6 Å². The normalized spacial score (nSPS) is 11.3. The number of pyridine rings is 1. The molecule has 0 fully saturated rings. The number of hydrogen-bond donors (Lipinski definition) is 2. The Morgan fingerprint density at radius 3 is 2.41 bits per heavy atom. The molecule has 2 heterocycles. The van der Waals surface area contributed by atoms with E-state index in [2.05, 4.69) is 20.5 Å². The summed E-state index contributed by atoms with van der Waals surface area (Å²) in [4.78, 5) is 15.6. The molecule has 152 valence electrons. The maximum atomic E-state index is 13.4. The third kappa shape index (κ3) is 4.42. The SMILES string of the molecule is CC(C)CNc1nc(-c2c(-c3ccc(F)cc3)n[nH]c2C(C)C)ccc1[N+](=O)[O-]. The lowest BCUT2D eigenvalue weighted by atomic mass is 9.97. The minimum absolute atomic E-state index is 0.0766. The summed E-state index contributed by atoms with van der Waals surface area (Å²) < 4.78 is 13.4. The molecule has 0 saturated carbocycles. The van der Waals surface area contributed by atoms with Crippen LogP contribution in [0.1, 0.15) is 39.3 Å². The molecule has 0 bridgehead atoms. The lowest BCUT2D eigenvalue weighted by Gasteiger charge is -2.12. The van der Waals surface area contributed by atoms with Crippen molar-refractivity contribution in [3.63, 3.8) is 0 Å². The van der Waals surface area contributed by atoms with E-state index in [0.717, 1.165) is 16.8 Å². The molecule has 0 spiro atoms. The Morgan fingerprint density at radius 1 is 1.14 bits per heavy atom. The van der Waals surface area contributed by atoms with E-state index >= 15 is 0 Å². The number of halogens is 1. The van der Waals surface area contributed by atoms with Crippen molar-refractivity contribution in [1.29, 1.82) is 0 Å². The fourth-order valence-corrected chi connectivity index (χ4v) is 3.02. The van der Waals surface area contributed by atoms with Crippen LogP contribution in [0.4, 0.5) is 15.9 Å². The Kier molecular flexibility index (Phi) is 5.91. The molecule has 0 radical (unpaired) electrons. The summed E-state index contributed by atoms with van der Waals surface area (Å²) in [5, 5.41) is 22.0. The van der Waals surface area contributed by atoms with Crippen LogP contribution in [0, 0.1) is 21.8 Å². The fraction of sp³-hybridized carbons (Fsp3) is 0.333. The summed E-state index contributed by atoms with van der Waals surface area (Å²) in [5.41, 5.74) is 3.48. The molecule has 8 heteroatoms. The lowest BCUT2D eigenvalue weighted by Crippen LogP contribution is -2.11. The summed E-state index contributed by atoms with van der Waals surface area (Å²) >= 11 is 0. The zero-order chi connectivity index (χ0) is 21.1. The molecule has 0 saturated heterocycles. The summed E-state index contributed by atoms with van der Waals surface area (Å²) in [6, 6.07) is 9.15. The predicted molar refractivity (Wildman–Crippen MR) is 111 cm³/mol. The second kappa shape index (κ2) is 8.38. The summed E-state index contributed by atoms with van der Waals surface area (Å²) in [7, 11) is 0. The van der Waals surface area contributed by atoms with Gasteiger partial charge in [-0.15, -0.1) is 0 Å². The Hall–Kier alpha value is -3.29. The molecule has 7 nitrogen and oxygen atoms in total. The highest BCUT2D eigenvalue weighted by atomic mass is 19.1. The number of benzene rings is 1. The third-order valence-electron chi connectivity index (χ3n) is 4.49. The van der Waals surface area contributed by atoms with E-state index in [4.69, 9.17) is 0 Å². The van der Waals surface area contributed by atoms with Gasteiger partial charge >= 0.3 is 5.69 Å². The fourth-order valence-electron chi connectivity index (χ4n) is 3.02. The maximum Gasteiger partial charge on any atom is 0.311 e. The van der Waals surface area contributed by atoms with E-state index in [-0.39, 0.29) is 23.2 Å². The number of nitrogens with zero attached hydrogens (tertiary/aromatic N) is 3. The van der Waals surface area contributed by atoms with E-state index in [9.17, 15) is 14.5 Å². The molecule has 3 rings (SSSR count). The summed E-state index contributed by atoms with van der Waals surface area (Å²) in [6.07, 6.45) is 0. The zero-order valence-corrected chi connectivity index (χ0v) is 16.9. The summed E-state index contributed by atoms with van der Waals surface area (Å²) in [5.74, 6) is 0.316. The average Bonchev–Trinajstić information content (AvgIpc) is 3.12. The largest absolute Gasteiger partial charge is 0.364 e. The molecule has 0 aliphatic carbocycles. The van der Waals surface area contributed by atoms with Crippen molar-refractivity contribution in [2.24, 2.45) is 5.92 Å². The van der Waals surface area contributed by atoms with Gasteiger partial charge in [0, 0.05) is 29.4 Å². The number of rotatable bonds is 7. The molecule has 0 amide bonds. The van der Waals surface area contributed by atoms with Crippen LogP contribution in [0.2, 0.25) is 0 Å². The first-order valence-corrected chi connectivity index (χ1v) is 9.51. The Balaban J connectivity index is 2.16. The highest BCUT2D eigenvalue weighted by molar-refractivity contribution is 5.82. The second-order valence-electron chi connectivity index (χ2n) is 7.62. The smallest absolute Gasteiger partial charge is 0.311 e. The number of H-pyrrole nitrogens is 1. The molecule has 0 aliphatic heterocycles. The Morgan fingerprint density at radius 2 is 1.83 bits per heavy atom. The molecule has 2 N–H and O–H groups in total. The molecular weight excluding hydrogens is 373 g/mol. The van der Waals surface area contributed by atoms with E-state index < -0.39 is 4.92 Å². The van der Waals surface area contributed by atoms with Crippen LogP contribution in [0.25, 0.3) is 22.5 Å². The standard InChI is InChI=1S/C21H24FN5O2/c1-12(2)11-23-21-17(27(28)29)10-9-16(24-21)18-19(13(3)4)25-26-20(18)14-5-7-15(22)8-6-14/h5-10,12-13H,11H2,1-4H3,(H,23,24)(H,25,26). The van der Waals surface area contributed by atoms with Crippen LogP contribution in [-0.2, 0) is 0 Å². The minimum Gasteiger partial charge on any atom is -0.364 e. The van der Waals surface area contributed by atoms with Crippen LogP contribution in [0.3, 0.4) is 0 Å². The molecule has 1 aromatic carbocycles. The van der Waals surface area contributed by atoms with E-state index in [1.807, 2.05) is 27.7 Å². The van der Waals surface area contributed by atoms with E-state index in [1.54, 1.807) is 18.2 Å². The first-order valence-electron chi connectivity index (χ1n) is 9.51. The van der Waals surface area contributed by atoms with Crippen molar-refractivity contribution in [3.05, 3.63) is 58.0 Å². The number of nitrogens with one attached hydrogen (secondary N) is 2. The van der Waals surface area contributed by atoms with Gasteiger partial charge < -0.3 is 5.32 Å². The third-order valence-corrected chi connectivity index (χ3v) is 4.49. The van der Waals surface area contributed by atoms with Gasteiger partial charge in [0.25, 0.3) is 0 Å². The zero-order valence-electron chi connectivity index (χ0n) is 16.9. The van der Waals surface area contributed by atoms with Crippen molar-refractivity contribution in [1.82, 2.24) is 15.2 Å². The van der Waals surface area contributed by atoms with Gasteiger partial charge in [-0.25, -0.2) is 9.37 Å². The van der Waals surface area contributed by atoms with Crippen LogP contribution >= 0.6 is 0 Å². The second-order valence-corrected chi connectivity index (χ2v) is 7.62. The van der Waals surface area contributed by atoms with Crippen molar-refractivity contribution < 1.29 is 9.31 Å². The van der Waals surface area contributed by atoms with Gasteiger partial charge in [-0.2, -0.15) is 5.10 Å². The van der Waals surface area contributed by atoms with Gasteiger partial charge in [-0.1, -0.05) is 27.7 Å². The monoisotopic (exact) mass is 397 g/mol. The molecule has 29 heavy (non-hydrogen) atoms. The van der Waals surface area contributed by atoms with Gasteiger partial charge in [0.05, 0.1) is 10.6 Å². The van der Waals surface area contributed by atoms with Crippen molar-refractivity contribution >= 4 is 11.5 Å². The number of hydrogen-bond acceptors (Lipinski definition) is 5. The van der Waals surface area contributed by atoms with Gasteiger partial charge in [-0.05, 0) is 42.2 Å². The van der Waals surface area contributed by atoms with Gasteiger partial charge in [0.2, 0.25) is 5.82 Å². The quantitative estimate of drug-likeness (QED) is 0.412. The molecule has 3 aromatic rings. The topological polar surface area (TPSA) is 96.7 Å². The van der Waals surface area contributed by atoms with E-state index in [1.165, 1.54) is 18.2 Å². The number of aromatic amines is 1. The van der Waals surface area contributed by atoms with Gasteiger partial charge in [-0.3, -0.25) is 15.2 Å². The van der Waals surface area contributed by atoms with Crippen LogP contribution in [0.15, 0.2) is 36.4 Å². The highest BCUT2D eigenvalue weighted by Gasteiger charge is 2.23. The number of aromatic nitrogens is 3. The number of nitro groups is 1. The molecule has 0 unspecified atom stereocenters. The highest BCUT2D eigenvalue weighted by Crippen LogP contribution is 2.37. The Bertz CT molecular complexity index is 1010. The first-order chi connectivity index (χ1) is 13.8. The van der Waals surface area contributed by atoms with Gasteiger partial charge in [0.15, 0.2) is 0 Å². The van der Waals surface area contributed by atoms with Gasteiger partial charge in [0.1, 0.15) is 11.5 Å². The average molecular weight is 397 g/mol. The van der Waals surface area contributed by atoms with Crippen LogP contribution < -0.4 is 5.32 Å². The molecule has 0 aliphatic rings. The van der Waals surface area contributed by atoms with E-state index in [0.29, 0.717) is 23.9 Å². The van der Waals surface area contributed by atoms with Crippen LogP contribution in [-0.4, -0.2) is 26.6 Å². The first kappa shape index (κ1) is 20.4. The number of anilines is 1. The molecular formula is C21H24FN5O2. The Labute approximate surface area is 168 Å². The minimum atomic E-state index is -0.445. The van der Waals surface area contributed by atoms with Crippen LogP contribution in [0.5, 0.6) is 0 Å². The lowest BCUT2D eigenvalue weighted by molar-refractivity contribution is -0.384. The van der Waals surface area contributed by atoms with Crippen molar-refractivity contribution in [3.8, 4) is 22.5 Å². The molecule has 0 atom stereocenters.